The summed E-state index contributed by atoms with van der Waals surface area (Å²) in [6.45, 7) is 1.23. The minimum absolute atomic E-state index is 0.219. The number of likely N-dealkylation sites (tertiary alicyclic amines) is 1. The molecule has 1 saturated carbocycles. The molecule has 1 saturated heterocycles. The number of rotatable bonds is 3. The van der Waals surface area contributed by atoms with Crippen molar-refractivity contribution in [3.8, 4) is 0 Å². The Balaban J connectivity index is 2.00. The average Bonchev–Trinajstić information content (AvgIpc) is 2.66. The standard InChI is InChI=1S/C12H20FNO/c13-7-9-14-8-2-1-5-11(14)10-4-3-6-12(10)15/h10-11H,1-9H2. The monoisotopic (exact) mass is 213 g/mol. The normalized spacial score (nSPS) is 33.5. The quantitative estimate of drug-likeness (QED) is 0.716. The van der Waals surface area contributed by atoms with Crippen molar-refractivity contribution in [1.29, 1.82) is 0 Å². The summed E-state index contributed by atoms with van der Waals surface area (Å²) in [7, 11) is 0. The van der Waals surface area contributed by atoms with E-state index in [2.05, 4.69) is 4.90 Å². The number of carbonyl (C=O) groups is 1. The van der Waals surface area contributed by atoms with E-state index in [1.54, 1.807) is 0 Å². The first-order valence-electron chi connectivity index (χ1n) is 6.15. The number of Topliss-reactive ketones (excluding diaryl/α,β-unsaturated/α-hetero) is 1. The molecular formula is C12H20FNO. The highest BCUT2D eigenvalue weighted by Crippen LogP contribution is 2.32. The molecule has 0 spiro atoms. The van der Waals surface area contributed by atoms with E-state index in [9.17, 15) is 9.18 Å². The molecule has 2 unspecified atom stereocenters. The van der Waals surface area contributed by atoms with Gasteiger partial charge in [-0.15, -0.1) is 0 Å². The molecular weight excluding hydrogens is 193 g/mol. The molecule has 86 valence electrons. The first-order valence-corrected chi connectivity index (χ1v) is 6.15. The van der Waals surface area contributed by atoms with Crippen LogP contribution in [-0.4, -0.2) is 36.5 Å². The van der Waals surface area contributed by atoms with Crippen molar-refractivity contribution in [3.05, 3.63) is 0 Å². The predicted molar refractivity (Wildman–Crippen MR) is 57.5 cm³/mol. The van der Waals surface area contributed by atoms with Gasteiger partial charge in [0.25, 0.3) is 0 Å². The van der Waals surface area contributed by atoms with E-state index in [1.165, 1.54) is 6.42 Å². The highest BCUT2D eigenvalue weighted by atomic mass is 19.1. The summed E-state index contributed by atoms with van der Waals surface area (Å²) in [5.41, 5.74) is 0. The van der Waals surface area contributed by atoms with E-state index in [0.717, 1.165) is 38.6 Å². The lowest BCUT2D eigenvalue weighted by Gasteiger charge is -2.38. The second kappa shape index (κ2) is 5.06. The first kappa shape index (κ1) is 11.1. The van der Waals surface area contributed by atoms with Crippen molar-refractivity contribution in [2.24, 2.45) is 5.92 Å². The minimum atomic E-state index is -0.280. The van der Waals surface area contributed by atoms with Gasteiger partial charge in [0.15, 0.2) is 0 Å². The fourth-order valence-corrected chi connectivity index (χ4v) is 3.11. The molecule has 0 aromatic heterocycles. The maximum Gasteiger partial charge on any atom is 0.137 e. The van der Waals surface area contributed by atoms with Crippen LogP contribution in [0.1, 0.15) is 38.5 Å². The van der Waals surface area contributed by atoms with Crippen LogP contribution in [0.4, 0.5) is 4.39 Å². The smallest absolute Gasteiger partial charge is 0.137 e. The van der Waals surface area contributed by atoms with Crippen LogP contribution in [0.25, 0.3) is 0 Å². The molecule has 2 fully saturated rings. The van der Waals surface area contributed by atoms with Crippen LogP contribution in [0.5, 0.6) is 0 Å². The molecule has 2 rings (SSSR count). The third kappa shape index (κ3) is 2.39. The van der Waals surface area contributed by atoms with E-state index in [1.807, 2.05) is 0 Å². The van der Waals surface area contributed by atoms with Crippen LogP contribution in [0.15, 0.2) is 0 Å². The zero-order valence-electron chi connectivity index (χ0n) is 9.25. The zero-order chi connectivity index (χ0) is 10.7. The van der Waals surface area contributed by atoms with Gasteiger partial charge in [0.1, 0.15) is 12.5 Å². The third-order valence-corrected chi connectivity index (χ3v) is 3.85. The summed E-state index contributed by atoms with van der Waals surface area (Å²) in [4.78, 5) is 13.9. The number of nitrogens with zero attached hydrogens (tertiary/aromatic N) is 1. The molecule has 2 nitrogen and oxygen atoms in total. The van der Waals surface area contributed by atoms with Crippen molar-refractivity contribution in [3.63, 3.8) is 0 Å². The summed E-state index contributed by atoms with van der Waals surface area (Å²) < 4.78 is 12.4. The van der Waals surface area contributed by atoms with Gasteiger partial charge < -0.3 is 0 Å². The molecule has 0 amide bonds. The molecule has 1 heterocycles. The van der Waals surface area contributed by atoms with Gasteiger partial charge in [0.05, 0.1) is 0 Å². The Morgan fingerprint density at radius 3 is 2.80 bits per heavy atom. The average molecular weight is 213 g/mol. The fraction of sp³-hybridized carbons (Fsp3) is 0.917. The Morgan fingerprint density at radius 1 is 1.27 bits per heavy atom. The molecule has 1 aliphatic carbocycles. The Bertz CT molecular complexity index is 230. The van der Waals surface area contributed by atoms with Gasteiger partial charge in [-0.2, -0.15) is 0 Å². The lowest BCUT2D eigenvalue weighted by atomic mass is 9.88. The van der Waals surface area contributed by atoms with Crippen LogP contribution in [0, 0.1) is 5.92 Å². The topological polar surface area (TPSA) is 20.3 Å². The predicted octanol–water partition coefficient (Wildman–Crippen LogP) is 2.18. The Morgan fingerprint density at radius 2 is 2.13 bits per heavy atom. The fourth-order valence-electron chi connectivity index (χ4n) is 3.11. The molecule has 3 heteroatoms. The SMILES string of the molecule is O=C1CCCC1C1CCCCN1CCF. The maximum atomic E-state index is 12.4. The molecule has 15 heavy (non-hydrogen) atoms. The summed E-state index contributed by atoms with van der Waals surface area (Å²) in [5.74, 6) is 0.641. The molecule has 0 N–H and O–H groups in total. The van der Waals surface area contributed by atoms with Crippen molar-refractivity contribution in [2.45, 2.75) is 44.6 Å². The van der Waals surface area contributed by atoms with Gasteiger partial charge in [-0.05, 0) is 32.2 Å². The van der Waals surface area contributed by atoms with Crippen LogP contribution < -0.4 is 0 Å². The largest absolute Gasteiger partial charge is 0.299 e. The minimum Gasteiger partial charge on any atom is -0.299 e. The van der Waals surface area contributed by atoms with Gasteiger partial charge in [-0.1, -0.05) is 6.42 Å². The molecule has 0 radical (unpaired) electrons. The number of halogens is 1. The zero-order valence-corrected chi connectivity index (χ0v) is 9.25. The summed E-state index contributed by atoms with van der Waals surface area (Å²) in [6, 6.07) is 0.351. The van der Waals surface area contributed by atoms with Gasteiger partial charge in [0.2, 0.25) is 0 Å². The number of carbonyl (C=O) groups excluding carboxylic acids is 1. The molecule has 0 aromatic carbocycles. The highest BCUT2D eigenvalue weighted by Gasteiger charge is 2.36. The third-order valence-electron chi connectivity index (χ3n) is 3.85. The molecule has 2 aliphatic rings. The first-order chi connectivity index (χ1) is 7.33. The number of hydrogen-bond donors (Lipinski definition) is 0. The maximum absolute atomic E-state index is 12.4. The van der Waals surface area contributed by atoms with Crippen molar-refractivity contribution in [1.82, 2.24) is 4.90 Å². The lowest BCUT2D eigenvalue weighted by molar-refractivity contribution is -0.123. The van der Waals surface area contributed by atoms with Gasteiger partial charge >= 0.3 is 0 Å². The molecule has 0 bridgehead atoms. The highest BCUT2D eigenvalue weighted by molar-refractivity contribution is 5.83. The van der Waals surface area contributed by atoms with E-state index in [4.69, 9.17) is 0 Å². The van der Waals surface area contributed by atoms with Crippen molar-refractivity contribution in [2.75, 3.05) is 19.8 Å². The number of hydrogen-bond acceptors (Lipinski definition) is 2. The van der Waals surface area contributed by atoms with Crippen LogP contribution >= 0.6 is 0 Å². The van der Waals surface area contributed by atoms with E-state index >= 15 is 0 Å². The van der Waals surface area contributed by atoms with E-state index < -0.39 is 0 Å². The Labute approximate surface area is 90.8 Å². The Hall–Kier alpha value is -0.440. The molecule has 1 aliphatic heterocycles. The number of alkyl halides is 1. The Kier molecular flexibility index (Phi) is 3.73. The van der Waals surface area contributed by atoms with Gasteiger partial charge in [-0.3, -0.25) is 9.69 Å². The van der Waals surface area contributed by atoms with Crippen molar-refractivity contribution < 1.29 is 9.18 Å². The number of piperidine rings is 1. The van der Waals surface area contributed by atoms with Crippen LogP contribution in [0.3, 0.4) is 0 Å². The summed E-state index contributed by atoms with van der Waals surface area (Å²) in [6.07, 6.45) is 6.30. The number of ketones is 1. The lowest BCUT2D eigenvalue weighted by Crippen LogP contribution is -2.46. The van der Waals surface area contributed by atoms with Crippen LogP contribution in [0.2, 0.25) is 0 Å². The molecule has 0 aromatic rings. The van der Waals surface area contributed by atoms with Crippen molar-refractivity contribution >= 4 is 5.78 Å². The van der Waals surface area contributed by atoms with Gasteiger partial charge in [-0.25, -0.2) is 4.39 Å². The van der Waals surface area contributed by atoms with Gasteiger partial charge in [0, 0.05) is 24.9 Å². The van der Waals surface area contributed by atoms with E-state index in [0.29, 0.717) is 18.4 Å². The second-order valence-electron chi connectivity index (χ2n) is 4.75. The summed E-state index contributed by atoms with van der Waals surface area (Å²) in [5, 5.41) is 0. The second-order valence-corrected chi connectivity index (χ2v) is 4.75. The summed E-state index contributed by atoms with van der Waals surface area (Å²) >= 11 is 0. The van der Waals surface area contributed by atoms with Crippen LogP contribution in [-0.2, 0) is 4.79 Å². The van der Waals surface area contributed by atoms with E-state index in [-0.39, 0.29) is 12.6 Å². The molecule has 2 atom stereocenters.